The molecule has 0 saturated heterocycles. The van der Waals surface area contributed by atoms with Gasteiger partial charge in [0.15, 0.2) is 0 Å². The summed E-state index contributed by atoms with van der Waals surface area (Å²) in [4.78, 5) is 10.7. The first-order chi connectivity index (χ1) is 5.04. The molecule has 0 aromatic rings. The molecule has 2 nitrogen and oxygen atoms in total. The van der Waals surface area contributed by atoms with Gasteiger partial charge in [0.1, 0.15) is 0 Å². The average Bonchev–Trinajstić information content (AvgIpc) is 1.86. The standard InChI is InChI=1S/C9H16O2.Hg/c1-7-4-3-5-9(2,6-7)8(10)11;/h7H,3-6H2,1-2H3,(H,10,11);/q;+1/p-1. The number of carbonyl (C=O) groups is 1. The molecule has 0 aromatic heterocycles. The molecule has 0 amide bonds. The predicted octanol–water partition coefficient (Wildman–Crippen LogP) is 0.950. The number of carbonyl (C=O) groups excluding carboxylic acids is 1. The second-order valence-corrected chi connectivity index (χ2v) is 4.05. The first kappa shape index (κ1) is 12.4. The van der Waals surface area contributed by atoms with Crippen molar-refractivity contribution in [3.63, 3.8) is 0 Å². The van der Waals surface area contributed by atoms with Crippen molar-refractivity contribution in [3.8, 4) is 0 Å². The van der Waals surface area contributed by atoms with Crippen molar-refractivity contribution in [2.24, 2.45) is 11.3 Å². The molecule has 0 heterocycles. The topological polar surface area (TPSA) is 40.1 Å². The van der Waals surface area contributed by atoms with Gasteiger partial charge in [-0.25, -0.2) is 0 Å². The van der Waals surface area contributed by atoms with E-state index in [1.807, 2.05) is 0 Å². The minimum atomic E-state index is -0.871. The van der Waals surface area contributed by atoms with Gasteiger partial charge < -0.3 is 9.90 Å². The maximum absolute atomic E-state index is 10.7. The van der Waals surface area contributed by atoms with Gasteiger partial charge in [0.05, 0.1) is 0 Å². The van der Waals surface area contributed by atoms with Gasteiger partial charge in [-0.3, -0.25) is 0 Å². The van der Waals surface area contributed by atoms with Crippen LogP contribution in [-0.2, 0) is 32.5 Å². The zero-order valence-corrected chi connectivity index (χ0v) is 13.4. The third-order valence-electron chi connectivity index (χ3n) is 2.72. The fourth-order valence-corrected chi connectivity index (χ4v) is 2.00. The van der Waals surface area contributed by atoms with E-state index in [1.54, 1.807) is 6.92 Å². The van der Waals surface area contributed by atoms with Crippen LogP contribution in [0.15, 0.2) is 0 Å². The summed E-state index contributed by atoms with van der Waals surface area (Å²) in [6.45, 7) is 3.92. The molecule has 0 aliphatic heterocycles. The minimum absolute atomic E-state index is 0. The van der Waals surface area contributed by atoms with E-state index in [4.69, 9.17) is 0 Å². The van der Waals surface area contributed by atoms with Crippen LogP contribution in [0.1, 0.15) is 39.5 Å². The van der Waals surface area contributed by atoms with E-state index in [0.717, 1.165) is 19.3 Å². The number of hydrogen-bond donors (Lipinski definition) is 0. The molecule has 0 spiro atoms. The maximum Gasteiger partial charge on any atom is 1.00 e. The number of hydrogen-bond acceptors (Lipinski definition) is 2. The molecule has 1 saturated carbocycles. The van der Waals surface area contributed by atoms with Crippen LogP contribution in [0, 0.1) is 11.3 Å². The summed E-state index contributed by atoms with van der Waals surface area (Å²) in [7, 11) is 0. The van der Waals surface area contributed by atoms with E-state index < -0.39 is 11.4 Å². The van der Waals surface area contributed by atoms with Gasteiger partial charge in [0, 0.05) is 11.4 Å². The predicted molar refractivity (Wildman–Crippen MR) is 40.7 cm³/mol. The smallest absolute Gasteiger partial charge is 0.550 e. The first-order valence-corrected chi connectivity index (χ1v) is 4.26. The second kappa shape index (κ2) is 4.59. The Morgan fingerprint density at radius 1 is 1.58 bits per heavy atom. The Hall–Kier alpha value is 0.405. The molecule has 65 valence electrons. The monoisotopic (exact) mass is 357 g/mol. The third kappa shape index (κ3) is 2.72. The van der Waals surface area contributed by atoms with Gasteiger partial charge >= 0.3 is 27.7 Å². The Morgan fingerprint density at radius 3 is 2.50 bits per heavy atom. The van der Waals surface area contributed by atoms with E-state index in [0.29, 0.717) is 5.92 Å². The van der Waals surface area contributed by atoms with E-state index in [1.165, 1.54) is 6.42 Å². The maximum atomic E-state index is 10.7. The Morgan fingerprint density at radius 2 is 2.17 bits per heavy atom. The van der Waals surface area contributed by atoms with Crippen molar-refractivity contribution in [1.82, 2.24) is 0 Å². The van der Waals surface area contributed by atoms with Gasteiger partial charge in [-0.05, 0) is 18.8 Å². The number of aliphatic carboxylic acids is 1. The van der Waals surface area contributed by atoms with Crippen LogP contribution < -0.4 is 5.11 Å². The molecule has 0 bridgehead atoms. The van der Waals surface area contributed by atoms with Gasteiger partial charge in [-0.1, -0.05) is 26.7 Å². The largest absolute Gasteiger partial charge is 1.00 e. The Labute approximate surface area is 94.2 Å². The van der Waals surface area contributed by atoms with Gasteiger partial charge in [0.25, 0.3) is 0 Å². The van der Waals surface area contributed by atoms with Crippen LogP contribution in [0.3, 0.4) is 0 Å². The Bertz CT molecular complexity index is 170. The van der Waals surface area contributed by atoms with Crippen LogP contribution in [0.25, 0.3) is 0 Å². The molecule has 12 heavy (non-hydrogen) atoms. The number of rotatable bonds is 1. The molecular weight excluding hydrogens is 341 g/mol. The van der Waals surface area contributed by atoms with Gasteiger partial charge in [-0.15, -0.1) is 0 Å². The van der Waals surface area contributed by atoms with Crippen LogP contribution in [0.2, 0.25) is 0 Å². The number of carboxylic acids is 1. The molecule has 0 aromatic carbocycles. The van der Waals surface area contributed by atoms with Crippen LogP contribution in [-0.4, -0.2) is 5.97 Å². The average molecular weight is 356 g/mol. The molecule has 3 heteroatoms. The van der Waals surface area contributed by atoms with Crippen molar-refractivity contribution in [1.29, 1.82) is 0 Å². The molecule has 1 aliphatic carbocycles. The van der Waals surface area contributed by atoms with E-state index in [2.05, 4.69) is 6.92 Å². The fourth-order valence-electron chi connectivity index (χ4n) is 2.00. The zero-order chi connectivity index (χ0) is 8.48. The summed E-state index contributed by atoms with van der Waals surface area (Å²) >= 11 is 0. The summed E-state index contributed by atoms with van der Waals surface area (Å²) in [6, 6.07) is 0. The van der Waals surface area contributed by atoms with Crippen LogP contribution in [0.5, 0.6) is 0 Å². The van der Waals surface area contributed by atoms with E-state index >= 15 is 0 Å². The molecule has 0 N–H and O–H groups in total. The van der Waals surface area contributed by atoms with E-state index in [-0.39, 0.29) is 27.7 Å². The molecule has 1 fully saturated rings. The van der Waals surface area contributed by atoms with Crippen molar-refractivity contribution in [2.75, 3.05) is 0 Å². The molecule has 1 radical (unpaired) electrons. The van der Waals surface area contributed by atoms with E-state index in [9.17, 15) is 9.90 Å². The molecule has 2 atom stereocenters. The Kier molecular flexibility index (Phi) is 4.74. The van der Waals surface area contributed by atoms with Crippen LogP contribution in [0.4, 0.5) is 0 Å². The summed E-state index contributed by atoms with van der Waals surface area (Å²) in [5.41, 5.74) is -0.544. The normalized spacial score (nSPS) is 35.3. The second-order valence-electron chi connectivity index (χ2n) is 4.05. The Balaban J connectivity index is 0.00000121. The first-order valence-electron chi connectivity index (χ1n) is 4.26. The quantitative estimate of drug-likeness (QED) is 0.657. The van der Waals surface area contributed by atoms with Gasteiger partial charge in [0.2, 0.25) is 0 Å². The summed E-state index contributed by atoms with van der Waals surface area (Å²) in [6.07, 6.45) is 3.78. The van der Waals surface area contributed by atoms with Crippen LogP contribution >= 0.6 is 0 Å². The molecule has 1 aliphatic rings. The fraction of sp³-hybridized carbons (Fsp3) is 0.889. The summed E-state index contributed by atoms with van der Waals surface area (Å²) in [5.74, 6) is -0.323. The van der Waals surface area contributed by atoms with Gasteiger partial charge in [-0.2, -0.15) is 0 Å². The van der Waals surface area contributed by atoms with Crippen molar-refractivity contribution < 1.29 is 37.6 Å². The summed E-state index contributed by atoms with van der Waals surface area (Å²) in [5, 5.41) is 10.7. The number of carboxylic acid groups (broad SMARTS) is 1. The molecular formula is C9H15HgO2. The summed E-state index contributed by atoms with van der Waals surface area (Å²) < 4.78 is 0. The minimum Gasteiger partial charge on any atom is -0.550 e. The molecule has 1 rings (SSSR count). The van der Waals surface area contributed by atoms with Crippen molar-refractivity contribution >= 4 is 5.97 Å². The van der Waals surface area contributed by atoms with Crippen molar-refractivity contribution in [3.05, 3.63) is 0 Å². The third-order valence-corrected chi connectivity index (χ3v) is 2.72. The van der Waals surface area contributed by atoms with Crippen molar-refractivity contribution in [2.45, 2.75) is 39.5 Å². The zero-order valence-electron chi connectivity index (χ0n) is 7.93. The molecule has 2 unspecified atom stereocenters. The SMILES string of the molecule is CC1CCCC(C)(C(=O)[O-])C1.[Hg+].